The Bertz CT molecular complexity index is 407. The van der Waals surface area contributed by atoms with E-state index in [1.807, 2.05) is 14.1 Å². The van der Waals surface area contributed by atoms with Gasteiger partial charge in [-0.05, 0) is 12.8 Å². The topological polar surface area (TPSA) is 123 Å². The van der Waals surface area contributed by atoms with Crippen molar-refractivity contribution in [3.63, 3.8) is 0 Å². The Labute approximate surface area is 106 Å². The summed E-state index contributed by atoms with van der Waals surface area (Å²) in [6.07, 6.45) is 1.94. The van der Waals surface area contributed by atoms with Crippen LogP contribution in [0.3, 0.4) is 0 Å². The van der Waals surface area contributed by atoms with Gasteiger partial charge < -0.3 is 21.7 Å². The number of hydrogen-bond acceptors (Lipinski definition) is 7. The van der Waals surface area contributed by atoms with Gasteiger partial charge in [0.15, 0.2) is 0 Å². The van der Waals surface area contributed by atoms with Crippen LogP contribution < -0.4 is 21.7 Å². The first-order chi connectivity index (χ1) is 8.49. The van der Waals surface area contributed by atoms with Crippen molar-refractivity contribution in [3.8, 4) is 0 Å². The van der Waals surface area contributed by atoms with E-state index in [0.29, 0.717) is 24.9 Å². The Morgan fingerprint density at radius 1 is 1.28 bits per heavy atom. The van der Waals surface area contributed by atoms with Crippen LogP contribution in [0, 0.1) is 0 Å². The van der Waals surface area contributed by atoms with Crippen LogP contribution >= 0.6 is 0 Å². The third-order valence-electron chi connectivity index (χ3n) is 2.17. The fourth-order valence-electron chi connectivity index (χ4n) is 1.28. The number of nitrogens with one attached hydrogen (secondary N) is 1. The molecule has 0 atom stereocenters. The number of hydrogen-bond donors (Lipinski definition) is 3. The molecule has 8 heteroatoms. The summed E-state index contributed by atoms with van der Waals surface area (Å²) in [5, 5.41) is 3.03. The van der Waals surface area contributed by atoms with Crippen molar-refractivity contribution < 1.29 is 4.79 Å². The molecule has 0 fully saturated rings. The fourth-order valence-corrected chi connectivity index (χ4v) is 1.28. The van der Waals surface area contributed by atoms with Crippen LogP contribution in [0.2, 0.25) is 0 Å². The smallest absolute Gasteiger partial charge is 0.231 e. The van der Waals surface area contributed by atoms with Crippen molar-refractivity contribution in [2.75, 3.05) is 36.6 Å². The van der Waals surface area contributed by atoms with Gasteiger partial charge in [0, 0.05) is 27.1 Å². The average Bonchev–Trinajstić information content (AvgIpc) is 2.27. The minimum absolute atomic E-state index is 0.174. The molecule has 1 amide bonds. The lowest BCUT2D eigenvalue weighted by molar-refractivity contribution is -0.118. The molecule has 1 aromatic heterocycles. The number of anilines is 3. The molecule has 0 aliphatic rings. The van der Waals surface area contributed by atoms with E-state index in [0.717, 1.165) is 12.8 Å². The van der Waals surface area contributed by atoms with Crippen LogP contribution in [0.4, 0.5) is 17.8 Å². The van der Waals surface area contributed by atoms with Crippen LogP contribution in [-0.4, -0.2) is 41.5 Å². The maximum Gasteiger partial charge on any atom is 0.231 e. The number of carbonyl (C=O) groups excluding carboxylic acids is 1. The number of nitrogens with zero attached hydrogens (tertiary/aromatic N) is 4. The van der Waals surface area contributed by atoms with E-state index in [2.05, 4.69) is 20.3 Å². The highest BCUT2D eigenvalue weighted by atomic mass is 16.1. The summed E-state index contributed by atoms with van der Waals surface area (Å²) in [4.78, 5) is 24.4. The van der Waals surface area contributed by atoms with Crippen molar-refractivity contribution in [1.29, 1.82) is 0 Å². The van der Waals surface area contributed by atoms with Crippen LogP contribution in [0.5, 0.6) is 0 Å². The second-order valence-electron chi connectivity index (χ2n) is 4.06. The summed E-state index contributed by atoms with van der Waals surface area (Å²) in [6, 6.07) is 0. The molecule has 0 aliphatic heterocycles. The largest absolute Gasteiger partial charge is 0.370 e. The van der Waals surface area contributed by atoms with E-state index in [4.69, 9.17) is 11.5 Å². The van der Waals surface area contributed by atoms with Crippen molar-refractivity contribution in [3.05, 3.63) is 0 Å². The molecule has 5 N–H and O–H groups in total. The predicted molar refractivity (Wildman–Crippen MR) is 70.1 cm³/mol. The van der Waals surface area contributed by atoms with E-state index in [9.17, 15) is 4.79 Å². The highest BCUT2D eigenvalue weighted by Crippen LogP contribution is 2.09. The molecule has 0 aromatic carbocycles. The Balaban J connectivity index is 2.44. The zero-order valence-corrected chi connectivity index (χ0v) is 10.7. The van der Waals surface area contributed by atoms with Gasteiger partial charge in [0.2, 0.25) is 23.8 Å². The van der Waals surface area contributed by atoms with Gasteiger partial charge in [-0.3, -0.25) is 4.79 Å². The molecular weight excluding hydrogens is 234 g/mol. The molecule has 0 aliphatic carbocycles. The maximum absolute atomic E-state index is 10.5. The lowest BCUT2D eigenvalue weighted by Gasteiger charge is -2.12. The quantitative estimate of drug-likeness (QED) is 0.564. The van der Waals surface area contributed by atoms with E-state index in [-0.39, 0.29) is 11.9 Å². The Morgan fingerprint density at radius 3 is 2.61 bits per heavy atom. The number of unbranched alkanes of at least 4 members (excludes halogenated alkanes) is 1. The summed E-state index contributed by atoms with van der Waals surface area (Å²) >= 11 is 0. The molecule has 1 heterocycles. The van der Waals surface area contributed by atoms with E-state index < -0.39 is 0 Å². The van der Waals surface area contributed by atoms with Gasteiger partial charge in [-0.2, -0.15) is 15.0 Å². The lowest BCUT2D eigenvalue weighted by Crippen LogP contribution is -2.17. The molecule has 18 heavy (non-hydrogen) atoms. The lowest BCUT2D eigenvalue weighted by atomic mass is 10.2. The number of rotatable bonds is 7. The molecule has 0 spiro atoms. The first kappa shape index (κ1) is 13.9. The highest BCUT2D eigenvalue weighted by Gasteiger charge is 2.05. The van der Waals surface area contributed by atoms with Crippen LogP contribution in [0.1, 0.15) is 19.3 Å². The van der Waals surface area contributed by atoms with Gasteiger partial charge in [0.25, 0.3) is 0 Å². The van der Waals surface area contributed by atoms with Gasteiger partial charge in [-0.1, -0.05) is 0 Å². The van der Waals surface area contributed by atoms with Gasteiger partial charge in [0.1, 0.15) is 0 Å². The molecule has 0 saturated carbocycles. The standard InChI is InChI=1S/C10H19N7O/c1-17(2)10-15-8(12)14-9(16-10)13-6-4-3-5-7(11)18/h3-6H2,1-2H3,(H2,11,18)(H3,12,13,14,15,16). The second-order valence-corrected chi connectivity index (χ2v) is 4.06. The molecule has 8 nitrogen and oxygen atoms in total. The fraction of sp³-hybridized carbons (Fsp3) is 0.600. The maximum atomic E-state index is 10.5. The van der Waals surface area contributed by atoms with Gasteiger partial charge in [0.05, 0.1) is 0 Å². The molecule has 0 unspecified atom stereocenters. The molecule has 0 bridgehead atoms. The van der Waals surface area contributed by atoms with Crippen molar-refractivity contribution in [2.24, 2.45) is 5.73 Å². The molecule has 1 aromatic rings. The summed E-state index contributed by atoms with van der Waals surface area (Å²) in [5.74, 6) is 0.829. The zero-order chi connectivity index (χ0) is 13.5. The van der Waals surface area contributed by atoms with Crippen LogP contribution in [0.15, 0.2) is 0 Å². The van der Waals surface area contributed by atoms with Gasteiger partial charge >= 0.3 is 0 Å². The number of aromatic nitrogens is 3. The van der Waals surface area contributed by atoms with Crippen molar-refractivity contribution in [2.45, 2.75) is 19.3 Å². The molecule has 1 rings (SSSR count). The third kappa shape index (κ3) is 4.81. The number of primary amides is 1. The monoisotopic (exact) mass is 253 g/mol. The summed E-state index contributed by atoms with van der Waals surface area (Å²) in [7, 11) is 3.65. The van der Waals surface area contributed by atoms with E-state index >= 15 is 0 Å². The summed E-state index contributed by atoms with van der Waals surface area (Å²) in [6.45, 7) is 0.656. The molecule has 0 radical (unpaired) electrons. The summed E-state index contributed by atoms with van der Waals surface area (Å²) in [5.41, 5.74) is 10.6. The number of amides is 1. The van der Waals surface area contributed by atoms with Crippen LogP contribution in [-0.2, 0) is 4.79 Å². The van der Waals surface area contributed by atoms with E-state index in [1.54, 1.807) is 4.90 Å². The molecule has 0 saturated heterocycles. The van der Waals surface area contributed by atoms with Crippen LogP contribution in [0.25, 0.3) is 0 Å². The predicted octanol–water partition coefficient (Wildman–Crippen LogP) is -0.413. The SMILES string of the molecule is CN(C)c1nc(N)nc(NCCCCC(N)=O)n1. The minimum atomic E-state index is -0.283. The number of nitrogens with two attached hydrogens (primary N) is 2. The third-order valence-corrected chi connectivity index (χ3v) is 2.17. The molecule has 100 valence electrons. The average molecular weight is 253 g/mol. The normalized spacial score (nSPS) is 10.1. The van der Waals surface area contributed by atoms with Crippen molar-refractivity contribution >= 4 is 23.8 Å². The Kier molecular flexibility index (Phi) is 5.09. The molecular formula is C10H19N7O. The number of nitrogen functional groups attached to an aromatic ring is 1. The minimum Gasteiger partial charge on any atom is -0.370 e. The second kappa shape index (κ2) is 6.58. The Morgan fingerprint density at radius 2 is 2.00 bits per heavy atom. The van der Waals surface area contributed by atoms with E-state index in [1.165, 1.54) is 0 Å². The first-order valence-electron chi connectivity index (χ1n) is 5.70. The highest BCUT2D eigenvalue weighted by molar-refractivity contribution is 5.73. The van der Waals surface area contributed by atoms with Gasteiger partial charge in [-0.15, -0.1) is 0 Å². The number of carbonyl (C=O) groups is 1. The zero-order valence-electron chi connectivity index (χ0n) is 10.7. The van der Waals surface area contributed by atoms with Gasteiger partial charge in [-0.25, -0.2) is 0 Å². The Hall–Kier alpha value is -2.12. The van der Waals surface area contributed by atoms with Crippen molar-refractivity contribution in [1.82, 2.24) is 15.0 Å². The summed E-state index contributed by atoms with van der Waals surface area (Å²) < 4.78 is 0. The first-order valence-corrected chi connectivity index (χ1v) is 5.70.